The summed E-state index contributed by atoms with van der Waals surface area (Å²) in [5, 5.41) is 11.7. The van der Waals surface area contributed by atoms with Gasteiger partial charge in [0.15, 0.2) is 0 Å². The molecular formula is C22H25FN6O3. The maximum atomic E-state index is 14.2. The van der Waals surface area contributed by atoms with Gasteiger partial charge in [0.25, 0.3) is 5.91 Å². The number of carbonyl (C=O) groups excluding carboxylic acids is 3. The van der Waals surface area contributed by atoms with Crippen molar-refractivity contribution in [3.05, 3.63) is 36.4 Å². The number of rotatable bonds is 6. The second kappa shape index (κ2) is 7.92. The summed E-state index contributed by atoms with van der Waals surface area (Å²) >= 11 is 0. The number of aromatic amines is 1. The van der Waals surface area contributed by atoms with Gasteiger partial charge in [0.1, 0.15) is 11.4 Å². The van der Waals surface area contributed by atoms with E-state index in [1.54, 1.807) is 17.3 Å². The number of piperazine rings is 1. The fourth-order valence-electron chi connectivity index (χ4n) is 4.76. The first-order valence-corrected chi connectivity index (χ1v) is 10.9. The molecule has 2 saturated heterocycles. The minimum atomic E-state index is -0.945. The van der Waals surface area contributed by atoms with Crippen molar-refractivity contribution in [1.29, 1.82) is 0 Å². The Balaban J connectivity index is 1.19. The zero-order valence-electron chi connectivity index (χ0n) is 17.6. The van der Waals surface area contributed by atoms with Gasteiger partial charge in [0.05, 0.1) is 6.20 Å². The lowest BCUT2D eigenvalue weighted by molar-refractivity contribution is -0.132. The summed E-state index contributed by atoms with van der Waals surface area (Å²) in [5.41, 5.74) is 1.38. The lowest BCUT2D eigenvalue weighted by Gasteiger charge is -2.37. The first kappa shape index (κ1) is 20.5. The number of hydrogen-bond donors (Lipinski definition) is 3. The normalized spacial score (nSPS) is 23.3. The van der Waals surface area contributed by atoms with E-state index in [2.05, 4.69) is 25.7 Å². The Bertz CT molecular complexity index is 1050. The molecule has 3 fully saturated rings. The third kappa shape index (κ3) is 3.80. The van der Waals surface area contributed by atoms with Gasteiger partial charge in [-0.25, -0.2) is 9.18 Å². The number of benzene rings is 1. The summed E-state index contributed by atoms with van der Waals surface area (Å²) in [7, 11) is 0. The van der Waals surface area contributed by atoms with Gasteiger partial charge in [-0.05, 0) is 48.9 Å². The highest BCUT2D eigenvalue weighted by Crippen LogP contribution is 2.43. The lowest BCUT2D eigenvalue weighted by atomic mass is 9.87. The Morgan fingerprint density at radius 3 is 2.53 bits per heavy atom. The Labute approximate surface area is 184 Å². The second-order valence-electron chi connectivity index (χ2n) is 8.71. The topological polar surface area (TPSA) is 110 Å². The van der Waals surface area contributed by atoms with E-state index in [0.717, 1.165) is 29.7 Å². The van der Waals surface area contributed by atoms with Crippen LogP contribution in [0.1, 0.15) is 25.7 Å². The molecule has 2 aliphatic heterocycles. The Kier molecular flexibility index (Phi) is 5.07. The largest absolute Gasteiger partial charge is 0.368 e. The minimum absolute atomic E-state index is 0.0306. The molecule has 1 aromatic heterocycles. The average molecular weight is 440 g/mol. The molecule has 0 radical (unpaired) electrons. The maximum Gasteiger partial charge on any atom is 0.322 e. The molecule has 5 rings (SSSR count). The standard InChI is InChI=1S/C22H25FN6O3/c23-17-9-14(15-12-24-25-13-15)10-18(11-17)28-5-7-29(8-6-28)19(30)3-4-22(16-1-2-16)20(31)26-21(32)27-22/h9-13,16H,1-8H2,(H,24,25)(H2,26,27,31,32). The van der Waals surface area contributed by atoms with Crippen LogP contribution in [0.25, 0.3) is 11.1 Å². The molecule has 1 saturated carbocycles. The van der Waals surface area contributed by atoms with Gasteiger partial charge >= 0.3 is 6.03 Å². The molecule has 1 unspecified atom stereocenters. The highest BCUT2D eigenvalue weighted by molar-refractivity contribution is 6.07. The van der Waals surface area contributed by atoms with Crippen LogP contribution in [0.4, 0.5) is 14.9 Å². The first-order chi connectivity index (χ1) is 15.4. The van der Waals surface area contributed by atoms with Crippen molar-refractivity contribution in [3.8, 4) is 11.1 Å². The number of nitrogens with zero attached hydrogens (tertiary/aromatic N) is 3. The van der Waals surface area contributed by atoms with Gasteiger partial charge in [0, 0.05) is 50.0 Å². The zero-order chi connectivity index (χ0) is 22.3. The third-order valence-electron chi connectivity index (χ3n) is 6.69. The van der Waals surface area contributed by atoms with Gasteiger partial charge in [-0.15, -0.1) is 0 Å². The van der Waals surface area contributed by atoms with Gasteiger partial charge < -0.3 is 15.1 Å². The van der Waals surface area contributed by atoms with Crippen LogP contribution in [0.3, 0.4) is 0 Å². The fourth-order valence-corrected chi connectivity index (χ4v) is 4.76. The Morgan fingerprint density at radius 2 is 1.91 bits per heavy atom. The van der Waals surface area contributed by atoms with Crippen molar-refractivity contribution < 1.29 is 18.8 Å². The molecule has 168 valence electrons. The molecule has 32 heavy (non-hydrogen) atoms. The van der Waals surface area contributed by atoms with Crippen molar-refractivity contribution in [2.45, 2.75) is 31.2 Å². The number of nitrogens with one attached hydrogen (secondary N) is 3. The Hall–Kier alpha value is -3.43. The number of carbonyl (C=O) groups is 3. The van der Waals surface area contributed by atoms with Crippen LogP contribution in [0.2, 0.25) is 0 Å². The molecule has 10 heteroatoms. The number of anilines is 1. The van der Waals surface area contributed by atoms with Crippen LogP contribution in [0, 0.1) is 11.7 Å². The molecule has 3 N–H and O–H groups in total. The first-order valence-electron chi connectivity index (χ1n) is 10.9. The van der Waals surface area contributed by atoms with Gasteiger partial charge in [-0.3, -0.25) is 20.0 Å². The van der Waals surface area contributed by atoms with E-state index in [1.165, 1.54) is 12.1 Å². The minimum Gasteiger partial charge on any atom is -0.368 e. The van der Waals surface area contributed by atoms with Crippen LogP contribution in [-0.4, -0.2) is 64.7 Å². The Morgan fingerprint density at radius 1 is 1.12 bits per heavy atom. The van der Waals surface area contributed by atoms with E-state index >= 15 is 0 Å². The van der Waals surface area contributed by atoms with E-state index in [1.807, 2.05) is 6.07 Å². The van der Waals surface area contributed by atoms with Gasteiger partial charge in [-0.2, -0.15) is 5.10 Å². The van der Waals surface area contributed by atoms with E-state index in [9.17, 15) is 18.8 Å². The summed E-state index contributed by atoms with van der Waals surface area (Å²) < 4.78 is 14.2. The van der Waals surface area contributed by atoms with Gasteiger partial charge in [0.2, 0.25) is 5.91 Å². The van der Waals surface area contributed by atoms with Crippen LogP contribution in [0.15, 0.2) is 30.6 Å². The number of imide groups is 1. The van der Waals surface area contributed by atoms with E-state index < -0.39 is 11.6 Å². The summed E-state index contributed by atoms with van der Waals surface area (Å²) in [4.78, 5) is 40.7. The lowest BCUT2D eigenvalue weighted by Crippen LogP contribution is -2.51. The molecule has 0 spiro atoms. The molecule has 9 nitrogen and oxygen atoms in total. The SMILES string of the molecule is O=C1NC(=O)C(CCC(=O)N2CCN(c3cc(F)cc(-c4cn[nH]c4)c3)CC2)(C2CC2)N1. The summed E-state index contributed by atoms with van der Waals surface area (Å²) in [5.74, 6) is -0.561. The molecule has 1 atom stereocenters. The van der Waals surface area contributed by atoms with Crippen molar-refractivity contribution >= 4 is 23.5 Å². The monoisotopic (exact) mass is 440 g/mol. The highest BCUT2D eigenvalue weighted by Gasteiger charge is 2.55. The van der Waals surface area contributed by atoms with Crippen LogP contribution >= 0.6 is 0 Å². The molecule has 4 amide bonds. The van der Waals surface area contributed by atoms with Crippen molar-refractivity contribution in [2.75, 3.05) is 31.1 Å². The number of halogens is 1. The number of amides is 4. The highest BCUT2D eigenvalue weighted by atomic mass is 19.1. The van der Waals surface area contributed by atoms with Crippen LogP contribution < -0.4 is 15.5 Å². The molecule has 3 aliphatic rings. The summed E-state index contributed by atoms with van der Waals surface area (Å²) in [6, 6.07) is 4.42. The molecular weight excluding hydrogens is 415 g/mol. The quantitative estimate of drug-likeness (QED) is 0.592. The van der Waals surface area contributed by atoms with Gasteiger partial charge in [-0.1, -0.05) is 0 Å². The molecule has 1 aliphatic carbocycles. The number of urea groups is 1. The number of H-pyrrole nitrogens is 1. The molecule has 3 heterocycles. The van der Waals surface area contributed by atoms with Crippen molar-refractivity contribution in [1.82, 2.24) is 25.7 Å². The molecule has 1 aromatic carbocycles. The summed E-state index contributed by atoms with van der Waals surface area (Å²) in [6.07, 6.45) is 5.65. The second-order valence-corrected chi connectivity index (χ2v) is 8.71. The maximum absolute atomic E-state index is 14.2. The van der Waals surface area contributed by atoms with Crippen LogP contribution in [-0.2, 0) is 9.59 Å². The van der Waals surface area contributed by atoms with Crippen molar-refractivity contribution in [2.24, 2.45) is 5.92 Å². The zero-order valence-corrected chi connectivity index (χ0v) is 17.6. The number of aromatic nitrogens is 2. The fraction of sp³-hybridized carbons (Fsp3) is 0.455. The molecule has 2 aromatic rings. The predicted octanol–water partition coefficient (Wildman–Crippen LogP) is 1.63. The van der Waals surface area contributed by atoms with Crippen LogP contribution in [0.5, 0.6) is 0 Å². The predicted molar refractivity (Wildman–Crippen MR) is 114 cm³/mol. The van der Waals surface area contributed by atoms with Crippen molar-refractivity contribution in [3.63, 3.8) is 0 Å². The summed E-state index contributed by atoms with van der Waals surface area (Å²) in [6.45, 7) is 2.22. The average Bonchev–Trinajstić information content (AvgIpc) is 3.40. The number of hydrogen-bond acceptors (Lipinski definition) is 5. The molecule has 0 bridgehead atoms. The van der Waals surface area contributed by atoms with E-state index in [-0.39, 0.29) is 30.0 Å². The smallest absolute Gasteiger partial charge is 0.322 e. The van der Waals surface area contributed by atoms with E-state index in [0.29, 0.717) is 32.6 Å². The third-order valence-corrected chi connectivity index (χ3v) is 6.69. The van der Waals surface area contributed by atoms with E-state index in [4.69, 9.17) is 0 Å².